The molecule has 110 valence electrons. The van der Waals surface area contributed by atoms with E-state index in [2.05, 4.69) is 15.9 Å². The van der Waals surface area contributed by atoms with E-state index >= 15 is 0 Å². The first-order valence-electron chi connectivity index (χ1n) is 6.03. The van der Waals surface area contributed by atoms with E-state index in [1.54, 1.807) is 6.92 Å². The minimum Gasteiger partial charge on any atom is -0.480 e. The minimum absolute atomic E-state index is 0.0574. The summed E-state index contributed by atoms with van der Waals surface area (Å²) in [6, 6.07) is 1.89. The Bertz CT molecular complexity index is 527. The summed E-state index contributed by atoms with van der Waals surface area (Å²) in [6.45, 7) is 2.17. The summed E-state index contributed by atoms with van der Waals surface area (Å²) >= 11 is 3.05. The highest BCUT2D eigenvalue weighted by molar-refractivity contribution is 9.10. The van der Waals surface area contributed by atoms with Crippen molar-refractivity contribution in [3.63, 3.8) is 0 Å². The zero-order chi connectivity index (χ0) is 14.9. The fourth-order valence-electron chi connectivity index (χ4n) is 2.03. The van der Waals surface area contributed by atoms with Gasteiger partial charge in [-0.25, -0.2) is 4.39 Å². The summed E-state index contributed by atoms with van der Waals surface area (Å²) in [5.41, 5.74) is -0.464. The van der Waals surface area contributed by atoms with E-state index in [4.69, 9.17) is 9.47 Å². The number of nitro groups is 1. The van der Waals surface area contributed by atoms with Gasteiger partial charge in [0.1, 0.15) is 18.0 Å². The molecule has 0 bridgehead atoms. The first-order valence-corrected chi connectivity index (χ1v) is 6.83. The molecule has 3 unspecified atom stereocenters. The number of aliphatic hydroxyl groups is 1. The quantitative estimate of drug-likeness (QED) is 0.652. The smallest absolute Gasteiger partial charge is 0.315 e. The predicted octanol–water partition coefficient (Wildman–Crippen LogP) is 2.41. The van der Waals surface area contributed by atoms with E-state index in [9.17, 15) is 19.6 Å². The van der Waals surface area contributed by atoms with Gasteiger partial charge in [0.15, 0.2) is 0 Å². The number of benzene rings is 1. The van der Waals surface area contributed by atoms with E-state index in [1.165, 1.54) is 0 Å². The van der Waals surface area contributed by atoms with Crippen molar-refractivity contribution in [1.29, 1.82) is 0 Å². The molecule has 1 fully saturated rings. The van der Waals surface area contributed by atoms with Gasteiger partial charge in [0.25, 0.3) is 0 Å². The maximum Gasteiger partial charge on any atom is 0.315 e. The zero-order valence-electron chi connectivity index (χ0n) is 10.6. The van der Waals surface area contributed by atoms with Crippen LogP contribution in [0.4, 0.5) is 10.1 Å². The summed E-state index contributed by atoms with van der Waals surface area (Å²) in [5, 5.41) is 20.5. The van der Waals surface area contributed by atoms with Gasteiger partial charge < -0.3 is 14.6 Å². The van der Waals surface area contributed by atoms with Crippen molar-refractivity contribution < 1.29 is 23.9 Å². The van der Waals surface area contributed by atoms with Gasteiger partial charge in [0.05, 0.1) is 21.6 Å². The van der Waals surface area contributed by atoms with Crippen LogP contribution < -0.4 is 4.74 Å². The molecule has 3 atom stereocenters. The number of halogens is 2. The molecule has 0 aromatic heterocycles. The van der Waals surface area contributed by atoms with E-state index in [-0.39, 0.29) is 10.2 Å². The van der Waals surface area contributed by atoms with Crippen LogP contribution in [0.1, 0.15) is 13.3 Å². The number of hydrogen-bond donors (Lipinski definition) is 1. The molecule has 1 aromatic carbocycles. The van der Waals surface area contributed by atoms with Gasteiger partial charge in [0, 0.05) is 13.0 Å². The first-order chi connectivity index (χ1) is 9.43. The van der Waals surface area contributed by atoms with Gasteiger partial charge in [-0.3, -0.25) is 10.1 Å². The van der Waals surface area contributed by atoms with Crippen LogP contribution in [0.15, 0.2) is 16.6 Å². The summed E-state index contributed by atoms with van der Waals surface area (Å²) < 4.78 is 24.2. The molecule has 1 aliphatic rings. The monoisotopic (exact) mass is 349 g/mol. The lowest BCUT2D eigenvalue weighted by atomic mass is 9.88. The van der Waals surface area contributed by atoms with E-state index in [0.717, 1.165) is 12.1 Å². The van der Waals surface area contributed by atoms with Crippen LogP contribution in [-0.4, -0.2) is 34.9 Å². The average Bonchev–Trinajstić information content (AvgIpc) is 2.37. The van der Waals surface area contributed by atoms with Gasteiger partial charge >= 0.3 is 5.69 Å². The molecule has 2 rings (SSSR count). The second kappa shape index (κ2) is 6.02. The third kappa shape index (κ3) is 2.92. The Kier molecular flexibility index (Phi) is 4.56. The molecule has 0 spiro atoms. The molecule has 1 aliphatic carbocycles. The van der Waals surface area contributed by atoms with E-state index in [1.807, 2.05) is 0 Å². The topological polar surface area (TPSA) is 81.8 Å². The highest BCUT2D eigenvalue weighted by Gasteiger charge is 2.43. The lowest BCUT2D eigenvalue weighted by Gasteiger charge is -2.40. The number of nitrogens with zero attached hydrogens (tertiary/aromatic N) is 1. The maximum atomic E-state index is 13.2. The summed E-state index contributed by atoms with van der Waals surface area (Å²) in [7, 11) is 0. The minimum atomic E-state index is -0.731. The van der Waals surface area contributed by atoms with Crippen LogP contribution in [-0.2, 0) is 4.74 Å². The lowest BCUT2D eigenvalue weighted by Crippen LogP contribution is -2.55. The molecule has 20 heavy (non-hydrogen) atoms. The summed E-state index contributed by atoms with van der Waals surface area (Å²) in [4.78, 5) is 10.2. The van der Waals surface area contributed by atoms with Crippen LogP contribution in [0.5, 0.6) is 5.75 Å². The van der Waals surface area contributed by atoms with Crippen LogP contribution in [0, 0.1) is 15.9 Å². The normalized spacial score (nSPS) is 25.1. The van der Waals surface area contributed by atoms with Crippen molar-refractivity contribution in [3.8, 4) is 5.75 Å². The van der Waals surface area contributed by atoms with Crippen molar-refractivity contribution >= 4 is 21.6 Å². The maximum absolute atomic E-state index is 13.2. The van der Waals surface area contributed by atoms with Crippen molar-refractivity contribution in [3.05, 3.63) is 32.5 Å². The zero-order valence-corrected chi connectivity index (χ0v) is 12.2. The Hall–Kier alpha value is -1.25. The van der Waals surface area contributed by atoms with Gasteiger partial charge in [-0.1, -0.05) is 0 Å². The molecule has 0 heterocycles. The molecule has 1 N–H and O–H groups in total. The molecule has 0 saturated heterocycles. The van der Waals surface area contributed by atoms with Crippen molar-refractivity contribution in [1.82, 2.24) is 0 Å². The van der Waals surface area contributed by atoms with Crippen molar-refractivity contribution in [2.45, 2.75) is 31.7 Å². The average molecular weight is 350 g/mol. The van der Waals surface area contributed by atoms with Crippen LogP contribution in [0.25, 0.3) is 0 Å². The Labute approximate surface area is 122 Å². The largest absolute Gasteiger partial charge is 0.480 e. The molecular weight excluding hydrogens is 337 g/mol. The lowest BCUT2D eigenvalue weighted by molar-refractivity contribution is -0.386. The SMILES string of the molecule is CCOC1C(O)CC1Oc1c(Br)cc(F)cc1[N+](=O)[O-]. The Morgan fingerprint density at radius 1 is 1.60 bits per heavy atom. The number of rotatable bonds is 5. The van der Waals surface area contributed by atoms with Crippen LogP contribution >= 0.6 is 15.9 Å². The third-order valence-electron chi connectivity index (χ3n) is 3.03. The van der Waals surface area contributed by atoms with Gasteiger partial charge in [-0.2, -0.15) is 0 Å². The second-order valence-corrected chi connectivity index (χ2v) is 5.23. The number of hydrogen-bond acceptors (Lipinski definition) is 5. The molecule has 0 amide bonds. The predicted molar refractivity (Wildman–Crippen MR) is 71.2 cm³/mol. The molecule has 0 aliphatic heterocycles. The molecule has 1 aromatic rings. The summed E-state index contributed by atoms with van der Waals surface area (Å²) in [5.74, 6) is -0.788. The number of ether oxygens (including phenoxy) is 2. The highest BCUT2D eigenvalue weighted by Crippen LogP contribution is 2.39. The Morgan fingerprint density at radius 2 is 2.30 bits per heavy atom. The molecule has 8 heteroatoms. The van der Waals surface area contributed by atoms with Crippen molar-refractivity contribution in [2.24, 2.45) is 0 Å². The van der Waals surface area contributed by atoms with Crippen LogP contribution in [0.2, 0.25) is 0 Å². The summed E-state index contributed by atoms with van der Waals surface area (Å²) in [6.07, 6.45) is -1.37. The Morgan fingerprint density at radius 3 is 2.85 bits per heavy atom. The van der Waals surface area contributed by atoms with Gasteiger partial charge in [-0.15, -0.1) is 0 Å². The fourth-order valence-corrected chi connectivity index (χ4v) is 2.55. The second-order valence-electron chi connectivity index (χ2n) is 4.37. The molecular formula is C12H13BrFNO5. The standard InChI is InChI=1S/C12H13BrFNO5/c1-2-19-12-9(16)5-10(12)20-11-7(13)3-6(14)4-8(11)15(17)18/h3-4,9-10,12,16H,2,5H2,1H3. The number of aliphatic hydroxyl groups excluding tert-OH is 1. The first kappa shape index (κ1) is 15.1. The van der Waals surface area contributed by atoms with Gasteiger partial charge in [0.2, 0.25) is 5.75 Å². The third-order valence-corrected chi connectivity index (χ3v) is 3.62. The highest BCUT2D eigenvalue weighted by atomic mass is 79.9. The van der Waals surface area contributed by atoms with Crippen molar-refractivity contribution in [2.75, 3.05) is 6.61 Å². The molecule has 6 nitrogen and oxygen atoms in total. The molecule has 0 radical (unpaired) electrons. The fraction of sp³-hybridized carbons (Fsp3) is 0.500. The molecule has 1 saturated carbocycles. The van der Waals surface area contributed by atoms with Crippen LogP contribution in [0.3, 0.4) is 0 Å². The Balaban J connectivity index is 2.23. The van der Waals surface area contributed by atoms with E-state index in [0.29, 0.717) is 13.0 Å². The van der Waals surface area contributed by atoms with E-state index < -0.39 is 34.7 Å². The van der Waals surface area contributed by atoms with Gasteiger partial charge in [-0.05, 0) is 28.9 Å². The number of nitro benzene ring substituents is 1.